The highest BCUT2D eigenvalue weighted by atomic mass is 35.5. The normalized spacial score (nSPS) is 26.6. The molecule has 0 bridgehead atoms. The predicted octanol–water partition coefficient (Wildman–Crippen LogP) is 2.61. The average molecular weight is 385 g/mol. The van der Waals surface area contributed by atoms with Gasteiger partial charge in [0.05, 0.1) is 22.8 Å². The van der Waals surface area contributed by atoms with E-state index in [2.05, 4.69) is 5.32 Å². The van der Waals surface area contributed by atoms with Gasteiger partial charge in [0.15, 0.2) is 0 Å². The lowest BCUT2D eigenvalue weighted by Crippen LogP contribution is -2.71. The smallest absolute Gasteiger partial charge is 0.407 e. The molecule has 0 unspecified atom stereocenters. The molecule has 1 saturated carbocycles. The third-order valence-corrected chi connectivity index (χ3v) is 5.80. The van der Waals surface area contributed by atoms with Crippen LogP contribution in [0.2, 0.25) is 10.0 Å². The van der Waals surface area contributed by atoms with E-state index in [0.29, 0.717) is 36.3 Å². The Morgan fingerprint density at radius 1 is 1.32 bits per heavy atom. The molecule has 2 saturated heterocycles. The van der Waals surface area contributed by atoms with Gasteiger partial charge in [-0.05, 0) is 30.5 Å². The van der Waals surface area contributed by atoms with Crippen LogP contribution in [0.1, 0.15) is 18.4 Å². The summed E-state index contributed by atoms with van der Waals surface area (Å²) in [5.41, 5.74) is 0.603. The van der Waals surface area contributed by atoms with Gasteiger partial charge in [0.1, 0.15) is 12.1 Å². The Hall–Kier alpha value is -1.50. The molecule has 3 aliphatic rings. The van der Waals surface area contributed by atoms with E-state index in [9.17, 15) is 9.59 Å². The maximum atomic E-state index is 12.4. The number of halogens is 2. The van der Waals surface area contributed by atoms with Crippen LogP contribution in [0, 0.1) is 5.92 Å². The molecule has 4 rings (SSSR count). The van der Waals surface area contributed by atoms with Crippen molar-refractivity contribution >= 4 is 35.2 Å². The fourth-order valence-corrected chi connectivity index (χ4v) is 3.83. The van der Waals surface area contributed by atoms with Crippen LogP contribution in [0.3, 0.4) is 0 Å². The van der Waals surface area contributed by atoms with E-state index >= 15 is 0 Å². The molecule has 2 heterocycles. The van der Waals surface area contributed by atoms with Crippen molar-refractivity contribution in [3.8, 4) is 0 Å². The minimum absolute atomic E-state index is 0.00850. The van der Waals surface area contributed by atoms with Gasteiger partial charge in [-0.2, -0.15) is 0 Å². The molecule has 0 atom stereocenters. The largest absolute Gasteiger partial charge is 0.447 e. The van der Waals surface area contributed by atoms with E-state index in [1.165, 1.54) is 0 Å². The zero-order chi connectivity index (χ0) is 17.6. The predicted molar refractivity (Wildman–Crippen MR) is 91.6 cm³/mol. The Balaban J connectivity index is 1.20. The molecule has 1 N–H and O–H groups in total. The molecule has 25 heavy (non-hydrogen) atoms. The van der Waals surface area contributed by atoms with Gasteiger partial charge in [-0.15, -0.1) is 0 Å². The lowest BCUT2D eigenvalue weighted by Gasteiger charge is -2.48. The lowest BCUT2D eigenvalue weighted by atomic mass is 9.79. The number of alkyl carbamates (subject to hydrolysis) is 1. The van der Waals surface area contributed by atoms with Crippen molar-refractivity contribution in [1.82, 2.24) is 10.2 Å². The van der Waals surface area contributed by atoms with E-state index in [-0.39, 0.29) is 23.5 Å². The number of nitrogens with one attached hydrogen (secondary N) is 1. The minimum Gasteiger partial charge on any atom is -0.447 e. The lowest BCUT2D eigenvalue weighted by molar-refractivity contribution is -0.153. The second kappa shape index (κ2) is 6.34. The highest BCUT2D eigenvalue weighted by Gasteiger charge is 2.53. The monoisotopic (exact) mass is 384 g/mol. The first-order chi connectivity index (χ1) is 11.9. The van der Waals surface area contributed by atoms with Crippen LogP contribution in [0.5, 0.6) is 0 Å². The van der Waals surface area contributed by atoms with E-state index in [1.54, 1.807) is 17.0 Å². The number of amides is 2. The van der Waals surface area contributed by atoms with E-state index in [1.807, 2.05) is 6.07 Å². The van der Waals surface area contributed by atoms with Crippen LogP contribution in [0.15, 0.2) is 18.2 Å². The Kier molecular flexibility index (Phi) is 4.30. The topological polar surface area (TPSA) is 67.9 Å². The number of benzene rings is 1. The van der Waals surface area contributed by atoms with Crippen molar-refractivity contribution < 1.29 is 19.1 Å². The molecule has 0 radical (unpaired) electrons. The van der Waals surface area contributed by atoms with Crippen molar-refractivity contribution in [2.24, 2.45) is 5.92 Å². The molecule has 1 aliphatic carbocycles. The number of hydrogen-bond donors (Lipinski definition) is 1. The summed E-state index contributed by atoms with van der Waals surface area (Å²) in [7, 11) is 0. The summed E-state index contributed by atoms with van der Waals surface area (Å²) in [6.07, 6.45) is 1.15. The highest BCUT2D eigenvalue weighted by Crippen LogP contribution is 2.36. The van der Waals surface area contributed by atoms with E-state index in [4.69, 9.17) is 32.7 Å². The van der Waals surface area contributed by atoms with Gasteiger partial charge in [-0.25, -0.2) is 4.79 Å². The average Bonchev–Trinajstić information content (AvgIpc) is 2.90. The quantitative estimate of drug-likeness (QED) is 0.865. The van der Waals surface area contributed by atoms with Gasteiger partial charge in [-0.1, -0.05) is 29.3 Å². The SMILES string of the molecule is O=C1NC2(CO1)CN(C(=O)C1CC(OCc3ccc(Cl)c(Cl)c3)C1)C2. The van der Waals surface area contributed by atoms with Crippen molar-refractivity contribution in [1.29, 1.82) is 0 Å². The van der Waals surface area contributed by atoms with Gasteiger partial charge in [0, 0.05) is 19.0 Å². The van der Waals surface area contributed by atoms with Crippen LogP contribution in [-0.4, -0.2) is 48.2 Å². The summed E-state index contributed by atoms with van der Waals surface area (Å²) in [5, 5.41) is 3.82. The second-order valence-corrected chi connectivity index (χ2v) is 7.84. The Morgan fingerprint density at radius 3 is 2.72 bits per heavy atom. The zero-order valence-corrected chi connectivity index (χ0v) is 15.0. The third-order valence-electron chi connectivity index (χ3n) is 5.06. The summed E-state index contributed by atoms with van der Waals surface area (Å²) in [6.45, 7) is 1.86. The first-order valence-corrected chi connectivity index (χ1v) is 8.99. The summed E-state index contributed by atoms with van der Waals surface area (Å²) < 4.78 is 10.7. The van der Waals surface area contributed by atoms with E-state index in [0.717, 1.165) is 18.4 Å². The number of carbonyl (C=O) groups is 2. The molecule has 1 spiro atoms. The summed E-state index contributed by atoms with van der Waals surface area (Å²) >= 11 is 11.9. The van der Waals surface area contributed by atoms with Crippen molar-refractivity contribution in [3.63, 3.8) is 0 Å². The van der Waals surface area contributed by atoms with Crippen LogP contribution in [0.25, 0.3) is 0 Å². The molecular weight excluding hydrogens is 367 g/mol. The standard InChI is InChI=1S/C17H18Cl2N2O4/c18-13-2-1-10(3-14(13)19)6-24-12-4-11(5-12)15(22)21-7-17(8-21)9-25-16(23)20-17/h1-3,11-12H,4-9H2,(H,20,23). The van der Waals surface area contributed by atoms with Gasteiger partial charge < -0.3 is 19.7 Å². The number of cyclic esters (lactones) is 1. The van der Waals surface area contributed by atoms with E-state index < -0.39 is 6.09 Å². The highest BCUT2D eigenvalue weighted by molar-refractivity contribution is 6.42. The molecule has 8 heteroatoms. The Bertz CT molecular complexity index is 715. The first kappa shape index (κ1) is 16.9. The Morgan fingerprint density at radius 2 is 2.08 bits per heavy atom. The summed E-state index contributed by atoms with van der Waals surface area (Å²) in [6, 6.07) is 5.43. The van der Waals surface area contributed by atoms with Crippen LogP contribution in [0.4, 0.5) is 4.79 Å². The number of carbonyl (C=O) groups excluding carboxylic acids is 2. The van der Waals surface area contributed by atoms with Gasteiger partial charge >= 0.3 is 6.09 Å². The minimum atomic E-state index is -0.397. The van der Waals surface area contributed by atoms with Crippen molar-refractivity contribution in [2.45, 2.75) is 31.1 Å². The Labute approximate surface area is 155 Å². The fraction of sp³-hybridized carbons (Fsp3) is 0.529. The number of rotatable bonds is 4. The molecule has 2 amide bonds. The number of ether oxygens (including phenoxy) is 2. The zero-order valence-electron chi connectivity index (χ0n) is 13.5. The second-order valence-electron chi connectivity index (χ2n) is 7.03. The molecule has 0 aromatic heterocycles. The molecule has 2 aliphatic heterocycles. The third kappa shape index (κ3) is 3.30. The molecule has 6 nitrogen and oxygen atoms in total. The maximum absolute atomic E-state index is 12.4. The number of likely N-dealkylation sites (tertiary alicyclic amines) is 1. The van der Waals surface area contributed by atoms with Crippen LogP contribution < -0.4 is 5.32 Å². The molecule has 3 fully saturated rings. The number of hydrogen-bond acceptors (Lipinski definition) is 4. The van der Waals surface area contributed by atoms with Gasteiger partial charge in [0.25, 0.3) is 0 Å². The number of nitrogens with zero attached hydrogens (tertiary/aromatic N) is 1. The van der Waals surface area contributed by atoms with Gasteiger partial charge in [0.2, 0.25) is 5.91 Å². The maximum Gasteiger partial charge on any atom is 0.407 e. The first-order valence-electron chi connectivity index (χ1n) is 8.23. The van der Waals surface area contributed by atoms with Crippen LogP contribution in [-0.2, 0) is 20.9 Å². The molecular formula is C17H18Cl2N2O4. The van der Waals surface area contributed by atoms with Crippen molar-refractivity contribution in [2.75, 3.05) is 19.7 Å². The summed E-state index contributed by atoms with van der Waals surface area (Å²) in [5.74, 6) is 0.148. The van der Waals surface area contributed by atoms with Crippen molar-refractivity contribution in [3.05, 3.63) is 33.8 Å². The summed E-state index contributed by atoms with van der Waals surface area (Å²) in [4.78, 5) is 25.3. The molecule has 134 valence electrons. The van der Waals surface area contributed by atoms with Gasteiger partial charge in [-0.3, -0.25) is 4.79 Å². The molecule has 1 aromatic carbocycles. The fourth-order valence-electron chi connectivity index (χ4n) is 3.51. The van der Waals surface area contributed by atoms with Crippen LogP contribution >= 0.6 is 23.2 Å². The molecule has 1 aromatic rings.